The fraction of sp³-hybridized carbons (Fsp3) is 0.867. The van der Waals surface area contributed by atoms with Gasteiger partial charge in [0.15, 0.2) is 5.96 Å². The SMILES string of the molecule is CCCNC(=O)CNC(=NC)N1CCC2(CCCC2)C1. The van der Waals surface area contributed by atoms with Crippen LogP contribution >= 0.6 is 0 Å². The van der Waals surface area contributed by atoms with E-state index in [9.17, 15) is 4.79 Å². The molecule has 0 unspecified atom stereocenters. The van der Waals surface area contributed by atoms with Crippen LogP contribution in [0.15, 0.2) is 4.99 Å². The fourth-order valence-electron chi connectivity index (χ4n) is 3.47. The molecule has 2 rings (SSSR count). The molecule has 1 saturated carbocycles. The maximum Gasteiger partial charge on any atom is 0.239 e. The Morgan fingerprint density at radius 2 is 2.00 bits per heavy atom. The van der Waals surface area contributed by atoms with Crippen molar-refractivity contribution in [1.82, 2.24) is 15.5 Å². The first-order chi connectivity index (χ1) is 9.69. The molecule has 1 aliphatic carbocycles. The molecule has 1 saturated heterocycles. The molecule has 0 aromatic heterocycles. The van der Waals surface area contributed by atoms with Crippen LogP contribution in [0, 0.1) is 5.41 Å². The normalized spacial score (nSPS) is 21.5. The first kappa shape index (κ1) is 15.1. The molecule has 1 amide bonds. The molecule has 1 aliphatic heterocycles. The van der Waals surface area contributed by atoms with Gasteiger partial charge in [-0.1, -0.05) is 19.8 Å². The Hall–Kier alpha value is -1.26. The highest BCUT2D eigenvalue weighted by Crippen LogP contribution is 2.45. The van der Waals surface area contributed by atoms with Crippen molar-refractivity contribution < 1.29 is 4.79 Å². The third-order valence-corrected chi connectivity index (χ3v) is 4.59. The van der Waals surface area contributed by atoms with Gasteiger partial charge in [0.05, 0.1) is 6.54 Å². The van der Waals surface area contributed by atoms with Crippen molar-refractivity contribution in [2.24, 2.45) is 10.4 Å². The summed E-state index contributed by atoms with van der Waals surface area (Å²) in [5, 5.41) is 6.07. The lowest BCUT2D eigenvalue weighted by atomic mass is 9.86. The average Bonchev–Trinajstić information content (AvgIpc) is 3.08. The molecule has 2 fully saturated rings. The van der Waals surface area contributed by atoms with Crippen molar-refractivity contribution in [2.75, 3.05) is 33.2 Å². The van der Waals surface area contributed by atoms with E-state index in [0.29, 0.717) is 12.0 Å². The standard InChI is InChI=1S/C15H28N4O/c1-3-9-17-13(20)11-18-14(16-2)19-10-8-15(12-19)6-4-5-7-15/h3-12H2,1-2H3,(H,16,18)(H,17,20). The van der Waals surface area contributed by atoms with Crippen LogP contribution in [0.3, 0.4) is 0 Å². The Labute approximate surface area is 122 Å². The van der Waals surface area contributed by atoms with E-state index in [0.717, 1.165) is 32.0 Å². The van der Waals surface area contributed by atoms with E-state index >= 15 is 0 Å². The second-order valence-electron chi connectivity index (χ2n) is 6.13. The largest absolute Gasteiger partial charge is 0.355 e. The number of likely N-dealkylation sites (tertiary alicyclic amines) is 1. The van der Waals surface area contributed by atoms with Crippen molar-refractivity contribution in [3.05, 3.63) is 0 Å². The first-order valence-corrected chi connectivity index (χ1v) is 7.91. The molecule has 114 valence electrons. The summed E-state index contributed by atoms with van der Waals surface area (Å²) in [6, 6.07) is 0. The lowest BCUT2D eigenvalue weighted by Gasteiger charge is -2.25. The van der Waals surface area contributed by atoms with Crippen LogP contribution in [0.2, 0.25) is 0 Å². The maximum absolute atomic E-state index is 11.6. The van der Waals surface area contributed by atoms with Crippen LogP contribution in [0.5, 0.6) is 0 Å². The van der Waals surface area contributed by atoms with Gasteiger partial charge < -0.3 is 15.5 Å². The number of rotatable bonds is 4. The molecule has 2 aliphatic rings. The Bertz CT molecular complexity index is 361. The average molecular weight is 280 g/mol. The molecular weight excluding hydrogens is 252 g/mol. The Balaban J connectivity index is 1.79. The molecule has 2 N–H and O–H groups in total. The number of nitrogens with zero attached hydrogens (tertiary/aromatic N) is 2. The van der Waals surface area contributed by atoms with Crippen molar-refractivity contribution in [3.8, 4) is 0 Å². The van der Waals surface area contributed by atoms with Gasteiger partial charge in [0.2, 0.25) is 5.91 Å². The number of hydrogen-bond donors (Lipinski definition) is 2. The van der Waals surface area contributed by atoms with Crippen LogP contribution in [-0.2, 0) is 4.79 Å². The number of hydrogen-bond acceptors (Lipinski definition) is 2. The third kappa shape index (κ3) is 3.64. The van der Waals surface area contributed by atoms with E-state index < -0.39 is 0 Å². The monoisotopic (exact) mass is 280 g/mol. The van der Waals surface area contributed by atoms with Crippen molar-refractivity contribution in [1.29, 1.82) is 0 Å². The number of nitrogens with one attached hydrogen (secondary N) is 2. The summed E-state index contributed by atoms with van der Waals surface area (Å²) >= 11 is 0. The minimum Gasteiger partial charge on any atom is -0.355 e. The van der Waals surface area contributed by atoms with Gasteiger partial charge in [-0.15, -0.1) is 0 Å². The van der Waals surface area contributed by atoms with Crippen molar-refractivity contribution in [3.63, 3.8) is 0 Å². The van der Waals surface area contributed by atoms with E-state index in [1.165, 1.54) is 32.1 Å². The molecule has 5 nitrogen and oxygen atoms in total. The molecular formula is C15H28N4O. The molecule has 0 bridgehead atoms. The summed E-state index contributed by atoms with van der Waals surface area (Å²) in [6.07, 6.45) is 7.71. The van der Waals surface area contributed by atoms with Crippen molar-refractivity contribution >= 4 is 11.9 Å². The van der Waals surface area contributed by atoms with Crippen LogP contribution < -0.4 is 10.6 Å². The van der Waals surface area contributed by atoms with E-state index in [1.54, 1.807) is 7.05 Å². The van der Waals surface area contributed by atoms with Gasteiger partial charge in [0.25, 0.3) is 0 Å². The minimum absolute atomic E-state index is 0.0442. The number of amides is 1. The Morgan fingerprint density at radius 3 is 2.65 bits per heavy atom. The number of carbonyl (C=O) groups is 1. The summed E-state index contributed by atoms with van der Waals surface area (Å²) in [5.41, 5.74) is 0.530. The predicted octanol–water partition coefficient (Wildman–Crippen LogP) is 1.35. The molecule has 0 aromatic carbocycles. The number of carbonyl (C=O) groups excluding carboxylic acids is 1. The topological polar surface area (TPSA) is 56.7 Å². The van der Waals surface area contributed by atoms with E-state index in [4.69, 9.17) is 0 Å². The lowest BCUT2D eigenvalue weighted by Crippen LogP contribution is -2.45. The zero-order valence-electron chi connectivity index (χ0n) is 12.9. The predicted molar refractivity (Wildman–Crippen MR) is 81.8 cm³/mol. The zero-order chi connectivity index (χ0) is 14.4. The second-order valence-corrected chi connectivity index (χ2v) is 6.13. The van der Waals surface area contributed by atoms with Gasteiger partial charge in [0, 0.05) is 26.7 Å². The first-order valence-electron chi connectivity index (χ1n) is 7.91. The maximum atomic E-state index is 11.6. The van der Waals surface area contributed by atoms with Gasteiger partial charge in [0.1, 0.15) is 0 Å². The third-order valence-electron chi connectivity index (χ3n) is 4.59. The molecule has 1 spiro atoms. The Morgan fingerprint density at radius 1 is 1.25 bits per heavy atom. The van der Waals surface area contributed by atoms with Gasteiger partial charge in [-0.2, -0.15) is 0 Å². The lowest BCUT2D eigenvalue weighted by molar-refractivity contribution is -0.120. The number of guanidine groups is 1. The summed E-state index contributed by atoms with van der Waals surface area (Å²) < 4.78 is 0. The van der Waals surface area contributed by atoms with Gasteiger partial charge in [-0.05, 0) is 31.1 Å². The number of aliphatic imine (C=N–C) groups is 1. The summed E-state index contributed by atoms with van der Waals surface area (Å²) in [7, 11) is 1.80. The molecule has 0 radical (unpaired) electrons. The highest BCUT2D eigenvalue weighted by atomic mass is 16.1. The van der Waals surface area contributed by atoms with E-state index in [-0.39, 0.29) is 5.91 Å². The van der Waals surface area contributed by atoms with Gasteiger partial charge in [-0.25, -0.2) is 0 Å². The molecule has 1 heterocycles. The summed E-state index contributed by atoms with van der Waals surface area (Å²) in [6.45, 7) is 5.28. The summed E-state index contributed by atoms with van der Waals surface area (Å²) in [5.74, 6) is 0.920. The molecule has 0 aromatic rings. The van der Waals surface area contributed by atoms with Crippen LogP contribution in [0.4, 0.5) is 0 Å². The van der Waals surface area contributed by atoms with Crippen molar-refractivity contribution in [2.45, 2.75) is 45.4 Å². The molecule has 20 heavy (non-hydrogen) atoms. The van der Waals surface area contributed by atoms with Gasteiger partial charge >= 0.3 is 0 Å². The zero-order valence-corrected chi connectivity index (χ0v) is 12.9. The highest BCUT2D eigenvalue weighted by molar-refractivity contribution is 5.86. The Kier molecular flexibility index (Phi) is 5.26. The minimum atomic E-state index is 0.0442. The van der Waals surface area contributed by atoms with Crippen LogP contribution in [0.1, 0.15) is 45.4 Å². The fourth-order valence-corrected chi connectivity index (χ4v) is 3.47. The van der Waals surface area contributed by atoms with E-state index in [2.05, 4.69) is 27.4 Å². The second kappa shape index (κ2) is 6.95. The highest BCUT2D eigenvalue weighted by Gasteiger charge is 2.41. The van der Waals surface area contributed by atoms with E-state index in [1.807, 2.05) is 0 Å². The molecule has 0 atom stereocenters. The summed E-state index contributed by atoms with van der Waals surface area (Å²) in [4.78, 5) is 18.3. The quantitative estimate of drug-likeness (QED) is 0.604. The van der Waals surface area contributed by atoms with Crippen LogP contribution in [-0.4, -0.2) is 50.0 Å². The smallest absolute Gasteiger partial charge is 0.239 e. The van der Waals surface area contributed by atoms with Gasteiger partial charge in [-0.3, -0.25) is 9.79 Å². The molecule has 5 heteroatoms. The van der Waals surface area contributed by atoms with Crippen LogP contribution in [0.25, 0.3) is 0 Å².